The maximum Gasteiger partial charge on any atom is 0 e. The van der Waals surface area contributed by atoms with Crippen LogP contribution in [0, 0.1) is 24.0 Å². The van der Waals surface area contributed by atoms with E-state index in [1.54, 1.807) is 9.96 Å². The summed E-state index contributed by atoms with van der Waals surface area (Å²) in [5.74, 6) is 9.37. The molecule has 1 aliphatic rings. The van der Waals surface area contributed by atoms with Crippen LogP contribution >= 0.6 is 0 Å². The van der Waals surface area contributed by atoms with Crippen molar-refractivity contribution in [3.05, 3.63) is 145 Å². The van der Waals surface area contributed by atoms with Crippen LogP contribution in [0.15, 0.2) is 126 Å². The minimum absolute atomic E-state index is 0. The van der Waals surface area contributed by atoms with Gasteiger partial charge in [-0.25, -0.2) is 4.98 Å². The number of benzene rings is 4. The van der Waals surface area contributed by atoms with E-state index in [4.69, 9.17) is 9.40 Å². The normalized spacial score (nSPS) is 13.8. The molecule has 9 rings (SSSR count). The molecule has 0 aliphatic heterocycles. The van der Waals surface area contributed by atoms with Crippen LogP contribution in [0.5, 0.6) is 0 Å². The van der Waals surface area contributed by atoms with Crippen molar-refractivity contribution in [2.75, 3.05) is 0 Å². The van der Waals surface area contributed by atoms with Crippen LogP contribution in [0.1, 0.15) is 63.5 Å². The molecule has 4 aromatic carbocycles. The Labute approximate surface area is 354 Å². The average molecular weight is 987 g/mol. The Hall–Kier alpha value is -4.42. The minimum atomic E-state index is -1.93. The largest absolute Gasteiger partial charge is 0 e. The summed E-state index contributed by atoms with van der Waals surface area (Å²) in [6.45, 7) is 6.74. The summed E-state index contributed by atoms with van der Waals surface area (Å²) in [4.78, 5) is 14.1. The van der Waals surface area contributed by atoms with Gasteiger partial charge < -0.3 is 9.40 Å². The molecule has 4 heterocycles. The van der Waals surface area contributed by atoms with E-state index in [-0.39, 0.29) is 20.1 Å². The zero-order valence-electron chi connectivity index (χ0n) is 33.9. The standard InChI is InChI=1S/C27H23N2O.C24H28GeN.Ir/c1-17(2)18(3)20-11-12-28-25(14-20)21-9-10-23-24-13-22(19-7-5-4-6-8-19)16-29-27(24)30-26(23)15-21;1-25(2,3)23-17-26-24(16-20(23)15-18-9-4-5-10-18)22-14-8-12-19-11-6-7-13-21(19)22;/h4-8,10-18H,1-3H3;6-8,11-13,16-18H,4-5,9-10,15H2,1-3H3;/q2*-1;. The number of fused-ring (bicyclic) bond motifs is 4. The van der Waals surface area contributed by atoms with Gasteiger partial charge in [0.25, 0.3) is 0 Å². The topological polar surface area (TPSA) is 51.8 Å². The van der Waals surface area contributed by atoms with Gasteiger partial charge in [-0.2, -0.15) is 0 Å². The van der Waals surface area contributed by atoms with Crippen LogP contribution < -0.4 is 4.40 Å². The molecule has 1 fully saturated rings. The van der Waals surface area contributed by atoms with Crippen LogP contribution in [0.4, 0.5) is 0 Å². The van der Waals surface area contributed by atoms with E-state index in [9.17, 15) is 0 Å². The summed E-state index contributed by atoms with van der Waals surface area (Å²) in [6.07, 6.45) is 12.8. The van der Waals surface area contributed by atoms with Crippen molar-refractivity contribution in [3.8, 4) is 33.6 Å². The SMILES string of the molecule is CC(C)C(C)c1ccnc(-c2[c-]cc3c(c2)oc2ncc(-c4ccccc4)cc23)c1.[CH3][Ge]([CH3])([CH3])[c]1cnc(-c2[c-]ccc3ccccc23)cc1CC1CCCC1.[Ir]. The summed E-state index contributed by atoms with van der Waals surface area (Å²) < 4.78 is 7.65. The second-order valence-corrected chi connectivity index (χ2v) is 27.5. The summed E-state index contributed by atoms with van der Waals surface area (Å²) in [7, 11) is 0. The minimum Gasteiger partial charge on any atom is 0 e. The van der Waals surface area contributed by atoms with Crippen molar-refractivity contribution >= 4 is 50.5 Å². The number of nitrogens with zero attached hydrogens (tertiary/aromatic N) is 3. The fraction of sp³-hybridized carbons (Fsp3) is 0.275. The summed E-state index contributed by atoms with van der Waals surface area (Å²) >= 11 is -1.93. The molecule has 57 heavy (non-hydrogen) atoms. The first kappa shape index (κ1) is 40.8. The third-order valence-corrected chi connectivity index (χ3v) is 16.0. The molecular weight excluding hydrogens is 935 g/mol. The Morgan fingerprint density at radius 3 is 2.28 bits per heavy atom. The second-order valence-electron chi connectivity index (χ2n) is 16.9. The molecule has 0 bridgehead atoms. The van der Waals surface area contributed by atoms with E-state index in [0.717, 1.165) is 55.9 Å². The number of pyridine rings is 3. The summed E-state index contributed by atoms with van der Waals surface area (Å²) in [5.41, 5.74) is 10.6. The van der Waals surface area contributed by atoms with Gasteiger partial charge in [0, 0.05) is 43.4 Å². The molecule has 0 saturated heterocycles. The van der Waals surface area contributed by atoms with Crippen molar-refractivity contribution in [3.63, 3.8) is 0 Å². The van der Waals surface area contributed by atoms with Gasteiger partial charge in [-0.05, 0) is 35.2 Å². The summed E-state index contributed by atoms with van der Waals surface area (Å²) in [6, 6.07) is 42.7. The molecule has 4 aromatic heterocycles. The fourth-order valence-electron chi connectivity index (χ4n) is 8.17. The van der Waals surface area contributed by atoms with E-state index in [0.29, 0.717) is 17.5 Å². The van der Waals surface area contributed by atoms with E-state index in [1.807, 2.05) is 48.8 Å². The van der Waals surface area contributed by atoms with Gasteiger partial charge in [-0.15, -0.1) is 17.7 Å². The molecule has 1 unspecified atom stereocenters. The maximum atomic E-state index is 6.06. The first-order chi connectivity index (χ1) is 27.1. The van der Waals surface area contributed by atoms with Gasteiger partial charge in [0.15, 0.2) is 0 Å². The van der Waals surface area contributed by atoms with Gasteiger partial charge >= 0.3 is 160 Å². The quantitative estimate of drug-likeness (QED) is 0.112. The molecular formula is C51H51GeIrN3O-2. The smallest absolute Gasteiger partial charge is 0 e. The monoisotopic (exact) mass is 988 g/mol. The van der Waals surface area contributed by atoms with Crippen LogP contribution in [-0.2, 0) is 26.5 Å². The average Bonchev–Trinajstić information content (AvgIpc) is 3.87. The molecule has 1 aliphatic carbocycles. The van der Waals surface area contributed by atoms with Crippen molar-refractivity contribution in [2.45, 2.75) is 76.1 Å². The second kappa shape index (κ2) is 17.6. The van der Waals surface area contributed by atoms with Crippen LogP contribution in [0.3, 0.4) is 0 Å². The zero-order valence-corrected chi connectivity index (χ0v) is 38.4. The van der Waals surface area contributed by atoms with Crippen LogP contribution in [0.25, 0.3) is 66.5 Å². The van der Waals surface area contributed by atoms with Crippen molar-refractivity contribution in [1.82, 2.24) is 15.0 Å². The van der Waals surface area contributed by atoms with Gasteiger partial charge in [0.2, 0.25) is 5.71 Å². The Bertz CT molecular complexity index is 2620. The van der Waals surface area contributed by atoms with Crippen LogP contribution in [0.2, 0.25) is 17.3 Å². The first-order valence-electron chi connectivity index (χ1n) is 20.3. The fourth-order valence-corrected chi connectivity index (χ4v) is 11.5. The van der Waals surface area contributed by atoms with E-state index in [2.05, 4.69) is 133 Å². The van der Waals surface area contributed by atoms with Gasteiger partial charge in [-0.1, -0.05) is 74.2 Å². The molecule has 0 spiro atoms. The molecule has 1 atom stereocenters. The number of hydrogen-bond donors (Lipinski definition) is 0. The maximum absolute atomic E-state index is 6.06. The Morgan fingerprint density at radius 1 is 0.737 bits per heavy atom. The van der Waals surface area contributed by atoms with Gasteiger partial charge in [0.05, 0.1) is 5.58 Å². The van der Waals surface area contributed by atoms with Crippen molar-refractivity contribution in [2.24, 2.45) is 11.8 Å². The Balaban J connectivity index is 0.000000173. The third-order valence-electron chi connectivity index (χ3n) is 11.7. The number of hydrogen-bond acceptors (Lipinski definition) is 4. The Kier molecular flexibility index (Phi) is 12.6. The molecule has 1 radical (unpaired) electrons. The van der Waals surface area contributed by atoms with Crippen LogP contribution in [-0.4, -0.2) is 28.2 Å². The Morgan fingerprint density at radius 2 is 1.51 bits per heavy atom. The number of aromatic nitrogens is 3. The molecule has 8 aromatic rings. The molecule has 6 heteroatoms. The van der Waals surface area contributed by atoms with Crippen molar-refractivity contribution in [1.29, 1.82) is 0 Å². The number of furan rings is 1. The van der Waals surface area contributed by atoms with E-state index >= 15 is 0 Å². The van der Waals surface area contributed by atoms with E-state index in [1.165, 1.54) is 48.4 Å². The molecule has 1 saturated carbocycles. The summed E-state index contributed by atoms with van der Waals surface area (Å²) in [5, 5.41) is 4.53. The molecule has 291 valence electrons. The predicted octanol–water partition coefficient (Wildman–Crippen LogP) is 13.2. The zero-order chi connectivity index (χ0) is 38.8. The molecule has 0 N–H and O–H groups in total. The van der Waals surface area contributed by atoms with Gasteiger partial charge in [-0.3, -0.25) is 0 Å². The van der Waals surface area contributed by atoms with Crippen molar-refractivity contribution < 1.29 is 24.5 Å². The molecule has 4 nitrogen and oxygen atoms in total. The van der Waals surface area contributed by atoms with E-state index < -0.39 is 13.3 Å². The third kappa shape index (κ3) is 9.02. The first-order valence-corrected chi connectivity index (χ1v) is 27.6. The number of rotatable bonds is 8. The molecule has 0 amide bonds. The van der Waals surface area contributed by atoms with Gasteiger partial charge in [0.1, 0.15) is 0 Å². The predicted molar refractivity (Wildman–Crippen MR) is 237 cm³/mol.